The van der Waals surface area contributed by atoms with E-state index < -0.39 is 0 Å². The molecule has 1 aromatic heterocycles. The van der Waals surface area contributed by atoms with Crippen molar-refractivity contribution >= 4 is 27.5 Å². The highest BCUT2D eigenvalue weighted by atomic mass is 79.9. The van der Waals surface area contributed by atoms with Crippen molar-refractivity contribution < 1.29 is 4.42 Å². The van der Waals surface area contributed by atoms with Crippen LogP contribution in [0.2, 0.25) is 5.02 Å². The molecule has 0 saturated carbocycles. The first-order valence-electron chi connectivity index (χ1n) is 5.85. The molecule has 96 valence electrons. The van der Waals surface area contributed by atoms with Crippen molar-refractivity contribution in [1.29, 1.82) is 0 Å². The number of aryl methyl sites for hydroxylation is 1. The number of hydrogen-bond donors (Lipinski definition) is 1. The Balaban J connectivity index is 2.41. The third-order valence-electron chi connectivity index (χ3n) is 2.89. The van der Waals surface area contributed by atoms with Gasteiger partial charge in [0.1, 0.15) is 0 Å². The van der Waals surface area contributed by atoms with Gasteiger partial charge in [0.15, 0.2) is 4.67 Å². The fourth-order valence-electron chi connectivity index (χ4n) is 1.91. The first kappa shape index (κ1) is 13.7. The van der Waals surface area contributed by atoms with E-state index in [4.69, 9.17) is 16.0 Å². The molecule has 0 radical (unpaired) electrons. The fraction of sp³-hybridized carbons (Fsp3) is 0.286. The SMILES string of the molecule is CCNC(c1ccc(C)c(Cl)c1)c1ccoc1Br. The van der Waals surface area contributed by atoms with Crippen molar-refractivity contribution in [2.75, 3.05) is 6.54 Å². The van der Waals surface area contributed by atoms with Crippen LogP contribution in [0.4, 0.5) is 0 Å². The van der Waals surface area contributed by atoms with E-state index in [1.807, 2.05) is 25.1 Å². The molecule has 18 heavy (non-hydrogen) atoms. The zero-order valence-corrected chi connectivity index (χ0v) is 12.7. The van der Waals surface area contributed by atoms with Crippen LogP contribution in [0.3, 0.4) is 0 Å². The van der Waals surface area contributed by atoms with Crippen LogP contribution in [0.15, 0.2) is 39.6 Å². The molecular weight excluding hydrogens is 314 g/mol. The molecule has 1 heterocycles. The Hall–Kier alpha value is -0.770. The molecule has 4 heteroatoms. The van der Waals surface area contributed by atoms with Crippen molar-refractivity contribution in [2.24, 2.45) is 0 Å². The van der Waals surface area contributed by atoms with Gasteiger partial charge in [-0.1, -0.05) is 30.7 Å². The average molecular weight is 329 g/mol. The molecule has 2 nitrogen and oxygen atoms in total. The summed E-state index contributed by atoms with van der Waals surface area (Å²) in [5.74, 6) is 0. The summed E-state index contributed by atoms with van der Waals surface area (Å²) in [5, 5.41) is 4.23. The minimum absolute atomic E-state index is 0.0845. The summed E-state index contributed by atoms with van der Waals surface area (Å²) in [6.07, 6.45) is 1.68. The summed E-state index contributed by atoms with van der Waals surface area (Å²) in [5.41, 5.74) is 3.30. The van der Waals surface area contributed by atoms with Gasteiger partial charge in [0.25, 0.3) is 0 Å². The largest absolute Gasteiger partial charge is 0.457 e. The second kappa shape index (κ2) is 5.91. The summed E-state index contributed by atoms with van der Waals surface area (Å²) in [6, 6.07) is 8.18. The minimum Gasteiger partial charge on any atom is -0.457 e. The van der Waals surface area contributed by atoms with Crippen molar-refractivity contribution in [2.45, 2.75) is 19.9 Å². The smallest absolute Gasteiger partial charge is 0.174 e. The van der Waals surface area contributed by atoms with Gasteiger partial charge in [-0.3, -0.25) is 0 Å². The van der Waals surface area contributed by atoms with Crippen LogP contribution in [0.1, 0.15) is 29.7 Å². The highest BCUT2D eigenvalue weighted by Gasteiger charge is 2.18. The van der Waals surface area contributed by atoms with Crippen LogP contribution >= 0.6 is 27.5 Å². The first-order valence-corrected chi connectivity index (χ1v) is 7.03. The standard InChI is InChI=1S/C14H15BrClNO/c1-3-17-13(11-6-7-18-14(11)15)10-5-4-9(2)12(16)8-10/h4-8,13,17H,3H2,1-2H3. The summed E-state index contributed by atoms with van der Waals surface area (Å²) in [6.45, 7) is 4.95. The molecule has 0 aliphatic carbocycles. The maximum absolute atomic E-state index is 6.20. The summed E-state index contributed by atoms with van der Waals surface area (Å²) in [7, 11) is 0. The Labute approximate surface area is 120 Å². The molecule has 1 atom stereocenters. The van der Waals surface area contributed by atoms with Crippen LogP contribution in [-0.2, 0) is 0 Å². The van der Waals surface area contributed by atoms with Gasteiger partial charge in [-0.25, -0.2) is 0 Å². The lowest BCUT2D eigenvalue weighted by molar-refractivity contribution is 0.526. The predicted molar refractivity (Wildman–Crippen MR) is 78.1 cm³/mol. The third kappa shape index (κ3) is 2.79. The van der Waals surface area contributed by atoms with Crippen LogP contribution < -0.4 is 5.32 Å². The van der Waals surface area contributed by atoms with Crippen molar-refractivity contribution in [1.82, 2.24) is 5.32 Å². The number of hydrogen-bond acceptors (Lipinski definition) is 2. The molecular formula is C14H15BrClNO. The van der Waals surface area contributed by atoms with E-state index in [1.54, 1.807) is 6.26 Å². The Bertz CT molecular complexity index is 538. The first-order chi connectivity index (χ1) is 8.63. The molecule has 0 aliphatic heterocycles. The molecule has 0 saturated heterocycles. The van der Waals surface area contributed by atoms with Crippen LogP contribution in [0, 0.1) is 6.92 Å². The molecule has 0 bridgehead atoms. The maximum atomic E-state index is 6.20. The molecule has 1 N–H and O–H groups in total. The zero-order chi connectivity index (χ0) is 13.1. The minimum atomic E-state index is 0.0845. The van der Waals surface area contributed by atoms with Gasteiger partial charge in [0.05, 0.1) is 12.3 Å². The number of benzene rings is 1. The Kier molecular flexibility index (Phi) is 4.49. The second-order valence-corrected chi connectivity index (χ2v) is 5.28. The summed E-state index contributed by atoms with van der Waals surface area (Å²) in [4.78, 5) is 0. The van der Waals surface area contributed by atoms with E-state index >= 15 is 0 Å². The van der Waals surface area contributed by atoms with Gasteiger partial charge in [0.2, 0.25) is 0 Å². The lowest BCUT2D eigenvalue weighted by Crippen LogP contribution is -2.21. The zero-order valence-electron chi connectivity index (χ0n) is 10.3. The molecule has 2 aromatic rings. The van der Waals surface area contributed by atoms with Crippen LogP contribution in [-0.4, -0.2) is 6.54 Å². The second-order valence-electron chi connectivity index (χ2n) is 4.15. The van der Waals surface area contributed by atoms with E-state index in [9.17, 15) is 0 Å². The molecule has 1 aromatic carbocycles. The molecule has 0 fully saturated rings. The van der Waals surface area contributed by atoms with Gasteiger partial charge in [-0.2, -0.15) is 0 Å². The quantitative estimate of drug-likeness (QED) is 0.880. The average Bonchev–Trinajstić information content (AvgIpc) is 2.76. The summed E-state index contributed by atoms with van der Waals surface area (Å²) < 4.78 is 6.07. The molecule has 0 spiro atoms. The lowest BCUT2D eigenvalue weighted by Gasteiger charge is -2.18. The number of rotatable bonds is 4. The van der Waals surface area contributed by atoms with E-state index in [2.05, 4.69) is 34.2 Å². The van der Waals surface area contributed by atoms with Crippen molar-refractivity contribution in [3.63, 3.8) is 0 Å². The summed E-state index contributed by atoms with van der Waals surface area (Å²) >= 11 is 9.62. The van der Waals surface area contributed by atoms with Crippen LogP contribution in [0.5, 0.6) is 0 Å². The number of halogens is 2. The van der Waals surface area contributed by atoms with E-state index in [-0.39, 0.29) is 6.04 Å². The Morgan fingerprint density at radius 1 is 1.39 bits per heavy atom. The van der Waals surface area contributed by atoms with Gasteiger partial charge >= 0.3 is 0 Å². The fourth-order valence-corrected chi connectivity index (χ4v) is 2.57. The molecule has 2 rings (SSSR count). The topological polar surface area (TPSA) is 25.2 Å². The van der Waals surface area contributed by atoms with E-state index in [0.717, 1.165) is 32.9 Å². The van der Waals surface area contributed by atoms with E-state index in [0.29, 0.717) is 0 Å². The maximum Gasteiger partial charge on any atom is 0.174 e. The van der Waals surface area contributed by atoms with Crippen LogP contribution in [0.25, 0.3) is 0 Å². The highest BCUT2D eigenvalue weighted by Crippen LogP contribution is 2.31. The molecule has 1 unspecified atom stereocenters. The van der Waals surface area contributed by atoms with Gasteiger partial charge < -0.3 is 9.73 Å². The lowest BCUT2D eigenvalue weighted by atomic mass is 10.00. The monoisotopic (exact) mass is 327 g/mol. The molecule has 0 aliphatic rings. The Morgan fingerprint density at radius 2 is 2.17 bits per heavy atom. The van der Waals surface area contributed by atoms with Crippen molar-refractivity contribution in [3.8, 4) is 0 Å². The Morgan fingerprint density at radius 3 is 2.72 bits per heavy atom. The van der Waals surface area contributed by atoms with Gasteiger partial charge in [-0.15, -0.1) is 0 Å². The van der Waals surface area contributed by atoms with Gasteiger partial charge in [0, 0.05) is 10.6 Å². The predicted octanol–water partition coefficient (Wildman–Crippen LogP) is 4.70. The van der Waals surface area contributed by atoms with E-state index in [1.165, 1.54) is 0 Å². The van der Waals surface area contributed by atoms with Crippen molar-refractivity contribution in [3.05, 3.63) is 56.9 Å². The third-order valence-corrected chi connectivity index (χ3v) is 3.95. The highest BCUT2D eigenvalue weighted by molar-refractivity contribution is 9.10. The number of nitrogens with one attached hydrogen (secondary N) is 1. The normalized spacial score (nSPS) is 12.7. The number of furan rings is 1. The van der Waals surface area contributed by atoms with Gasteiger partial charge in [-0.05, 0) is 52.7 Å². The molecule has 0 amide bonds.